The van der Waals surface area contributed by atoms with Crippen LogP contribution in [0.5, 0.6) is 0 Å². The van der Waals surface area contributed by atoms with Gasteiger partial charge in [0.05, 0.1) is 15.9 Å². The summed E-state index contributed by atoms with van der Waals surface area (Å²) >= 11 is 5.15. The third-order valence-corrected chi connectivity index (χ3v) is 1.33. The van der Waals surface area contributed by atoms with E-state index in [1.54, 1.807) is 0 Å². The molecule has 0 saturated carbocycles. The standard InChI is InChI=1S/C4H7ClO3S.Na/c5-3-1-2-4-9(6,7)8;/h1-2H,3-4H2,(H,6,7,8);/q;+1/p-1/b2-1+;. The normalized spacial score (nSPS) is 11.4. The van der Waals surface area contributed by atoms with Crippen LogP contribution in [0.2, 0.25) is 0 Å². The molecule has 10 heavy (non-hydrogen) atoms. The molecule has 54 valence electrons. The Morgan fingerprint density at radius 1 is 1.40 bits per heavy atom. The van der Waals surface area contributed by atoms with Gasteiger partial charge in [0, 0.05) is 5.88 Å². The molecule has 0 aromatic carbocycles. The molecule has 0 heterocycles. The third kappa shape index (κ3) is 11.7. The van der Waals surface area contributed by atoms with E-state index >= 15 is 0 Å². The van der Waals surface area contributed by atoms with E-state index in [2.05, 4.69) is 0 Å². The number of hydrogen-bond donors (Lipinski definition) is 0. The molecule has 0 N–H and O–H groups in total. The Kier molecular flexibility index (Phi) is 8.98. The van der Waals surface area contributed by atoms with Gasteiger partial charge in [0.2, 0.25) is 0 Å². The van der Waals surface area contributed by atoms with Crippen LogP contribution in [0, 0.1) is 0 Å². The van der Waals surface area contributed by atoms with E-state index in [-0.39, 0.29) is 35.4 Å². The Hall–Kier alpha value is 0.940. The van der Waals surface area contributed by atoms with Crippen molar-refractivity contribution < 1.29 is 42.5 Å². The van der Waals surface area contributed by atoms with Crippen molar-refractivity contribution in [3.63, 3.8) is 0 Å². The van der Waals surface area contributed by atoms with Gasteiger partial charge in [-0.2, -0.15) is 0 Å². The predicted octanol–water partition coefficient (Wildman–Crippen LogP) is -2.67. The van der Waals surface area contributed by atoms with Gasteiger partial charge >= 0.3 is 29.6 Å². The molecule has 0 aliphatic rings. The quantitative estimate of drug-likeness (QED) is 0.212. The Balaban J connectivity index is 0. The molecule has 0 bridgehead atoms. The molecule has 0 fully saturated rings. The van der Waals surface area contributed by atoms with Gasteiger partial charge in [-0.05, 0) is 0 Å². The second kappa shape index (κ2) is 6.64. The van der Waals surface area contributed by atoms with Gasteiger partial charge in [0.15, 0.2) is 0 Å². The van der Waals surface area contributed by atoms with Crippen molar-refractivity contribution in [3.8, 4) is 0 Å². The summed E-state index contributed by atoms with van der Waals surface area (Å²) < 4.78 is 29.6. The van der Waals surface area contributed by atoms with Crippen LogP contribution in [0.25, 0.3) is 0 Å². The Morgan fingerprint density at radius 2 is 1.90 bits per heavy atom. The molecule has 0 rings (SSSR count). The van der Waals surface area contributed by atoms with E-state index in [0.29, 0.717) is 0 Å². The minimum absolute atomic E-state index is 0. The van der Waals surface area contributed by atoms with E-state index in [1.807, 2.05) is 0 Å². The van der Waals surface area contributed by atoms with E-state index in [0.717, 1.165) is 0 Å². The first-order chi connectivity index (χ1) is 4.06. The Labute approximate surface area is 87.5 Å². The molecular weight excluding hydrogens is 187 g/mol. The van der Waals surface area contributed by atoms with Crippen LogP contribution >= 0.6 is 11.6 Å². The molecule has 0 unspecified atom stereocenters. The first kappa shape index (κ1) is 13.5. The molecule has 0 aromatic rings. The van der Waals surface area contributed by atoms with Crippen LogP contribution in [-0.2, 0) is 10.1 Å². The number of allylic oxidation sites excluding steroid dienone is 1. The van der Waals surface area contributed by atoms with E-state index < -0.39 is 15.9 Å². The van der Waals surface area contributed by atoms with Gasteiger partial charge in [-0.1, -0.05) is 12.2 Å². The third-order valence-electron chi connectivity index (χ3n) is 0.556. The van der Waals surface area contributed by atoms with E-state index in [1.165, 1.54) is 12.2 Å². The summed E-state index contributed by atoms with van der Waals surface area (Å²) in [5.41, 5.74) is 0. The minimum Gasteiger partial charge on any atom is -0.748 e. The van der Waals surface area contributed by atoms with E-state index in [4.69, 9.17) is 11.6 Å². The van der Waals surface area contributed by atoms with Crippen molar-refractivity contribution in [2.45, 2.75) is 0 Å². The van der Waals surface area contributed by atoms with Crippen molar-refractivity contribution in [2.24, 2.45) is 0 Å². The number of alkyl halides is 1. The van der Waals surface area contributed by atoms with Gasteiger partial charge in [-0.15, -0.1) is 11.6 Å². The van der Waals surface area contributed by atoms with Gasteiger partial charge in [0.1, 0.15) is 0 Å². The summed E-state index contributed by atoms with van der Waals surface area (Å²) in [6.07, 6.45) is 2.65. The first-order valence-electron chi connectivity index (χ1n) is 2.21. The molecule has 0 aliphatic heterocycles. The summed E-state index contributed by atoms with van der Waals surface area (Å²) in [4.78, 5) is 0. The van der Waals surface area contributed by atoms with Crippen molar-refractivity contribution in [1.82, 2.24) is 0 Å². The second-order valence-corrected chi connectivity index (χ2v) is 3.11. The molecule has 0 aromatic heterocycles. The Bertz CT molecular complexity index is 187. The van der Waals surface area contributed by atoms with E-state index in [9.17, 15) is 13.0 Å². The topological polar surface area (TPSA) is 57.2 Å². The number of halogens is 1. The van der Waals surface area contributed by atoms with Crippen molar-refractivity contribution >= 4 is 21.7 Å². The minimum atomic E-state index is -4.09. The van der Waals surface area contributed by atoms with Gasteiger partial charge in [-0.25, -0.2) is 8.42 Å². The van der Waals surface area contributed by atoms with Crippen molar-refractivity contribution in [1.29, 1.82) is 0 Å². The summed E-state index contributed by atoms with van der Waals surface area (Å²) in [5.74, 6) is -0.241. The van der Waals surface area contributed by atoms with Crippen molar-refractivity contribution in [2.75, 3.05) is 11.6 Å². The number of hydrogen-bond acceptors (Lipinski definition) is 3. The summed E-state index contributed by atoms with van der Waals surface area (Å²) in [7, 11) is -4.09. The Morgan fingerprint density at radius 3 is 2.20 bits per heavy atom. The molecule has 0 amide bonds. The average molecular weight is 193 g/mol. The summed E-state index contributed by atoms with van der Waals surface area (Å²) in [6.45, 7) is 0. The first-order valence-corrected chi connectivity index (χ1v) is 4.32. The smallest absolute Gasteiger partial charge is 0.748 e. The monoisotopic (exact) mass is 192 g/mol. The summed E-state index contributed by atoms with van der Waals surface area (Å²) in [5, 5.41) is 0. The van der Waals surface area contributed by atoms with Crippen LogP contribution < -0.4 is 29.6 Å². The fourth-order valence-electron chi connectivity index (χ4n) is 0.249. The van der Waals surface area contributed by atoms with Gasteiger partial charge < -0.3 is 4.55 Å². The zero-order chi connectivity index (χ0) is 7.33. The second-order valence-electron chi connectivity index (χ2n) is 1.35. The number of rotatable bonds is 3. The van der Waals surface area contributed by atoms with Crippen LogP contribution in [0.3, 0.4) is 0 Å². The average Bonchev–Trinajstić information content (AvgIpc) is 1.63. The van der Waals surface area contributed by atoms with Crippen LogP contribution in [0.4, 0.5) is 0 Å². The van der Waals surface area contributed by atoms with Crippen molar-refractivity contribution in [3.05, 3.63) is 12.2 Å². The fraction of sp³-hybridized carbons (Fsp3) is 0.500. The maximum atomic E-state index is 9.86. The maximum Gasteiger partial charge on any atom is 1.00 e. The zero-order valence-corrected chi connectivity index (χ0v) is 9.15. The SMILES string of the molecule is O=S(=O)([O-])C/C=C/CCl.[Na+]. The molecule has 3 nitrogen and oxygen atoms in total. The fourth-order valence-corrected chi connectivity index (χ4v) is 0.747. The van der Waals surface area contributed by atoms with Crippen LogP contribution in [-0.4, -0.2) is 24.6 Å². The molecule has 0 saturated heterocycles. The summed E-state index contributed by atoms with van der Waals surface area (Å²) in [6, 6.07) is 0. The molecule has 6 heteroatoms. The molecule has 0 atom stereocenters. The molecule has 0 radical (unpaired) electrons. The van der Waals surface area contributed by atoms with Crippen LogP contribution in [0.15, 0.2) is 12.2 Å². The maximum absolute atomic E-state index is 9.86. The molecule has 0 aliphatic carbocycles. The largest absolute Gasteiger partial charge is 1.00 e. The van der Waals surface area contributed by atoms with Gasteiger partial charge in [-0.3, -0.25) is 0 Å². The van der Waals surface area contributed by atoms with Gasteiger partial charge in [0.25, 0.3) is 0 Å². The van der Waals surface area contributed by atoms with Crippen LogP contribution in [0.1, 0.15) is 0 Å². The predicted molar refractivity (Wildman–Crippen MR) is 34.4 cm³/mol. The molecular formula is C4H6ClNaO3S. The zero-order valence-electron chi connectivity index (χ0n) is 5.58. The molecule has 0 spiro atoms.